The quantitative estimate of drug-likeness (QED) is 0.746. The van der Waals surface area contributed by atoms with Crippen LogP contribution in [-0.2, 0) is 0 Å². The van der Waals surface area contributed by atoms with E-state index in [4.69, 9.17) is 22.4 Å². The van der Waals surface area contributed by atoms with Crippen molar-refractivity contribution in [2.24, 2.45) is 0 Å². The van der Waals surface area contributed by atoms with Crippen LogP contribution >= 0.6 is 22.9 Å². The molecule has 3 aromatic rings. The number of thiophene rings is 1. The van der Waals surface area contributed by atoms with E-state index in [-0.39, 0.29) is 22.0 Å². The summed E-state index contributed by atoms with van der Waals surface area (Å²) in [6.45, 7) is 0. The number of rotatable bonds is 2. The molecule has 0 amide bonds. The van der Waals surface area contributed by atoms with E-state index < -0.39 is 17.5 Å². The summed E-state index contributed by atoms with van der Waals surface area (Å²) in [5.41, 5.74) is 5.66. The molecule has 0 spiro atoms. The van der Waals surface area contributed by atoms with Gasteiger partial charge in [-0.3, -0.25) is 0 Å². The van der Waals surface area contributed by atoms with Crippen LogP contribution in [0.2, 0.25) is 5.02 Å². The number of hydrogen-bond acceptors (Lipinski definition) is 4. The zero-order valence-electron chi connectivity index (χ0n) is 10.4. The lowest BCUT2D eigenvalue weighted by Crippen LogP contribution is -2.05. The number of benzene rings is 1. The molecular weight excluding hydrogens is 315 g/mol. The second kappa shape index (κ2) is 4.98. The van der Waals surface area contributed by atoms with Gasteiger partial charge in [-0.15, -0.1) is 11.3 Å². The summed E-state index contributed by atoms with van der Waals surface area (Å²) < 4.78 is 15.0. The summed E-state index contributed by atoms with van der Waals surface area (Å²) in [5, 5.41) is 11.6. The smallest absolute Gasteiger partial charge is 0.356 e. The molecule has 0 aliphatic rings. The number of carbonyl (C=O) groups is 1. The molecule has 0 atom stereocenters. The Morgan fingerprint density at radius 3 is 2.86 bits per heavy atom. The fourth-order valence-electron chi connectivity index (χ4n) is 2.01. The maximum absolute atomic E-state index is 14.2. The van der Waals surface area contributed by atoms with Crippen molar-refractivity contribution < 1.29 is 14.3 Å². The molecule has 7 heteroatoms. The first kappa shape index (κ1) is 13.8. The molecule has 2 aromatic heterocycles. The third-order valence-electron chi connectivity index (χ3n) is 3.01. The number of aromatic carboxylic acids is 1. The van der Waals surface area contributed by atoms with Gasteiger partial charge in [0.05, 0.1) is 16.4 Å². The number of anilines is 1. The van der Waals surface area contributed by atoms with E-state index in [1.165, 1.54) is 23.5 Å². The van der Waals surface area contributed by atoms with Crippen molar-refractivity contribution in [1.29, 1.82) is 0 Å². The highest BCUT2D eigenvalue weighted by molar-refractivity contribution is 7.17. The van der Waals surface area contributed by atoms with Gasteiger partial charge in [-0.1, -0.05) is 11.6 Å². The van der Waals surface area contributed by atoms with E-state index in [2.05, 4.69) is 4.98 Å². The second-order valence-corrected chi connectivity index (χ2v) is 5.68. The Labute approximate surface area is 127 Å². The summed E-state index contributed by atoms with van der Waals surface area (Å²) in [6, 6.07) is 6.22. The van der Waals surface area contributed by atoms with Gasteiger partial charge >= 0.3 is 5.97 Å². The van der Waals surface area contributed by atoms with Crippen LogP contribution < -0.4 is 5.73 Å². The average Bonchev–Trinajstić information content (AvgIpc) is 2.87. The molecule has 0 bridgehead atoms. The molecule has 0 radical (unpaired) electrons. The second-order valence-electron chi connectivity index (χ2n) is 4.35. The topological polar surface area (TPSA) is 76.2 Å². The zero-order valence-corrected chi connectivity index (χ0v) is 12.0. The fraction of sp³-hybridized carbons (Fsp3) is 0. The number of hydrogen-bond donors (Lipinski definition) is 2. The normalized spacial score (nSPS) is 11.0. The Morgan fingerprint density at radius 2 is 2.14 bits per heavy atom. The first-order chi connectivity index (χ1) is 9.97. The first-order valence-corrected chi connectivity index (χ1v) is 7.09. The maximum atomic E-state index is 14.2. The van der Waals surface area contributed by atoms with Gasteiger partial charge in [0.25, 0.3) is 0 Å². The van der Waals surface area contributed by atoms with E-state index in [1.54, 1.807) is 6.07 Å². The third kappa shape index (κ3) is 2.32. The maximum Gasteiger partial charge on any atom is 0.356 e. The van der Waals surface area contributed by atoms with E-state index in [0.717, 1.165) is 10.1 Å². The van der Waals surface area contributed by atoms with Gasteiger partial charge in [0.1, 0.15) is 5.82 Å². The lowest BCUT2D eigenvalue weighted by Gasteiger charge is -2.08. The van der Waals surface area contributed by atoms with Crippen LogP contribution in [0.5, 0.6) is 0 Å². The average molecular weight is 323 g/mol. The van der Waals surface area contributed by atoms with E-state index in [9.17, 15) is 9.18 Å². The van der Waals surface area contributed by atoms with Crippen LogP contribution in [0.1, 0.15) is 10.5 Å². The molecule has 21 heavy (non-hydrogen) atoms. The molecule has 1 aromatic carbocycles. The number of carboxylic acids is 1. The van der Waals surface area contributed by atoms with Gasteiger partial charge in [-0.2, -0.15) is 0 Å². The largest absolute Gasteiger partial charge is 0.476 e. The van der Waals surface area contributed by atoms with Crippen molar-refractivity contribution in [3.05, 3.63) is 46.2 Å². The molecule has 4 nitrogen and oxygen atoms in total. The van der Waals surface area contributed by atoms with Crippen LogP contribution in [0, 0.1) is 5.82 Å². The van der Waals surface area contributed by atoms with Crippen LogP contribution in [0.15, 0.2) is 29.6 Å². The molecule has 3 rings (SSSR count). The van der Waals surface area contributed by atoms with Crippen molar-refractivity contribution in [3.63, 3.8) is 0 Å². The minimum absolute atomic E-state index is 0.0453. The van der Waals surface area contributed by atoms with Gasteiger partial charge in [-0.05, 0) is 35.0 Å². The number of halogens is 2. The molecule has 0 saturated heterocycles. The lowest BCUT2D eigenvalue weighted by atomic mass is 10.1. The molecule has 0 fully saturated rings. The predicted octanol–water partition coefficient (Wildman–Crippen LogP) is 4.04. The highest BCUT2D eigenvalue weighted by Gasteiger charge is 2.18. The molecule has 0 aliphatic heterocycles. The summed E-state index contributed by atoms with van der Waals surface area (Å²) >= 11 is 7.22. The van der Waals surface area contributed by atoms with Crippen LogP contribution in [0.25, 0.3) is 21.3 Å². The lowest BCUT2D eigenvalue weighted by molar-refractivity contribution is 0.0691. The van der Waals surface area contributed by atoms with E-state index >= 15 is 0 Å². The van der Waals surface area contributed by atoms with Crippen LogP contribution in [-0.4, -0.2) is 16.1 Å². The highest BCUT2D eigenvalue weighted by atomic mass is 35.5. The number of pyridine rings is 1. The van der Waals surface area contributed by atoms with Crippen molar-refractivity contribution in [2.45, 2.75) is 0 Å². The van der Waals surface area contributed by atoms with E-state index in [0.29, 0.717) is 0 Å². The molecule has 3 N–H and O–H groups in total. The zero-order chi connectivity index (χ0) is 15.1. The summed E-state index contributed by atoms with van der Waals surface area (Å²) in [5.74, 6) is -1.80. The summed E-state index contributed by atoms with van der Waals surface area (Å²) in [4.78, 5) is 15.0. The van der Waals surface area contributed by atoms with Crippen LogP contribution in [0.3, 0.4) is 0 Å². The Hall–Kier alpha value is -2.18. The van der Waals surface area contributed by atoms with Crippen molar-refractivity contribution >= 4 is 44.7 Å². The van der Waals surface area contributed by atoms with Gasteiger partial charge < -0.3 is 10.8 Å². The minimum Gasteiger partial charge on any atom is -0.476 e. The van der Waals surface area contributed by atoms with Crippen molar-refractivity contribution in [2.75, 3.05) is 5.73 Å². The molecule has 0 saturated carbocycles. The SMILES string of the molecule is Nc1cc(-c2cc3ccsc3cc2F)nc(C(=O)O)c1Cl. The number of aromatic nitrogens is 1. The Morgan fingerprint density at radius 1 is 1.38 bits per heavy atom. The summed E-state index contributed by atoms with van der Waals surface area (Å²) in [6.07, 6.45) is 0. The number of carboxylic acid groups (broad SMARTS) is 1. The van der Waals surface area contributed by atoms with Gasteiger partial charge in [0.2, 0.25) is 0 Å². The van der Waals surface area contributed by atoms with E-state index in [1.807, 2.05) is 11.4 Å². The third-order valence-corrected chi connectivity index (χ3v) is 4.28. The molecular formula is C14H8ClFN2O2S. The van der Waals surface area contributed by atoms with Gasteiger partial charge in [0.15, 0.2) is 5.69 Å². The van der Waals surface area contributed by atoms with Gasteiger partial charge in [0, 0.05) is 10.3 Å². The Bertz CT molecular complexity index is 879. The molecule has 2 heterocycles. The number of fused-ring (bicyclic) bond motifs is 1. The Balaban J connectivity index is 2.27. The van der Waals surface area contributed by atoms with Crippen molar-refractivity contribution in [1.82, 2.24) is 4.98 Å². The Kier molecular flexibility index (Phi) is 3.27. The number of nitrogens with two attached hydrogens (primary N) is 1. The molecule has 0 unspecified atom stereocenters. The van der Waals surface area contributed by atoms with Crippen molar-refractivity contribution in [3.8, 4) is 11.3 Å². The monoisotopic (exact) mass is 322 g/mol. The standard InChI is InChI=1S/C14H8ClFN2O2S/c15-12-9(17)5-10(18-13(12)14(19)20)7-3-6-1-2-21-11(6)4-8(7)16/h1-5H,(H2,17,18)(H,19,20). The highest BCUT2D eigenvalue weighted by Crippen LogP contribution is 2.33. The van der Waals surface area contributed by atoms with Crippen LogP contribution in [0.4, 0.5) is 10.1 Å². The first-order valence-electron chi connectivity index (χ1n) is 5.84. The number of nitrogen functional groups attached to an aromatic ring is 1. The minimum atomic E-state index is -1.31. The predicted molar refractivity (Wildman–Crippen MR) is 81.4 cm³/mol. The fourth-order valence-corrected chi connectivity index (χ4v) is 2.98. The summed E-state index contributed by atoms with van der Waals surface area (Å²) in [7, 11) is 0. The molecule has 0 aliphatic carbocycles. The molecule has 106 valence electrons. The van der Waals surface area contributed by atoms with Gasteiger partial charge in [-0.25, -0.2) is 14.2 Å². The number of nitrogens with zero attached hydrogens (tertiary/aromatic N) is 1.